The Labute approximate surface area is 179 Å². The second-order valence-corrected chi connectivity index (χ2v) is 7.50. The van der Waals surface area contributed by atoms with Gasteiger partial charge in [-0.1, -0.05) is 12.1 Å². The molecule has 0 unspecified atom stereocenters. The molecular weight excluding hydrogens is 400 g/mol. The molecule has 1 aliphatic rings. The number of likely N-dealkylation sites (N-methyl/N-ethyl adjacent to an activating group) is 1. The minimum absolute atomic E-state index is 0.0612. The quantitative estimate of drug-likeness (QED) is 0.672. The zero-order valence-corrected chi connectivity index (χ0v) is 17.5. The maximum absolute atomic E-state index is 13.0. The summed E-state index contributed by atoms with van der Waals surface area (Å²) in [5.41, 5.74) is 0.798. The highest BCUT2D eigenvalue weighted by Gasteiger charge is 2.20. The number of methoxy groups -OCH3 is 1. The second-order valence-electron chi connectivity index (χ2n) is 7.50. The first-order valence-corrected chi connectivity index (χ1v) is 9.98. The van der Waals surface area contributed by atoms with Gasteiger partial charge in [0.2, 0.25) is 5.43 Å². The number of piperazine rings is 1. The number of phenolic OH excluding ortho intramolecular Hbond substituents is 1. The lowest BCUT2D eigenvalue weighted by Gasteiger charge is -2.32. The summed E-state index contributed by atoms with van der Waals surface area (Å²) in [4.78, 5) is 29.2. The third-order valence-corrected chi connectivity index (χ3v) is 5.45. The van der Waals surface area contributed by atoms with E-state index in [2.05, 4.69) is 4.90 Å². The molecule has 31 heavy (non-hydrogen) atoms. The molecule has 0 saturated carbocycles. The average molecular weight is 424 g/mol. The van der Waals surface area contributed by atoms with E-state index in [0.717, 1.165) is 13.1 Å². The third kappa shape index (κ3) is 4.34. The van der Waals surface area contributed by atoms with Crippen LogP contribution in [0.25, 0.3) is 22.1 Å². The first-order chi connectivity index (χ1) is 15.0. The fourth-order valence-corrected chi connectivity index (χ4v) is 3.55. The predicted molar refractivity (Wildman–Crippen MR) is 116 cm³/mol. The number of benzene rings is 2. The van der Waals surface area contributed by atoms with Crippen LogP contribution in [-0.4, -0.2) is 67.8 Å². The summed E-state index contributed by atoms with van der Waals surface area (Å²) in [6, 6.07) is 9.81. The summed E-state index contributed by atoms with van der Waals surface area (Å²) in [5, 5.41) is 10.5. The number of amides is 1. The molecule has 3 aromatic rings. The van der Waals surface area contributed by atoms with Crippen molar-refractivity contribution in [1.29, 1.82) is 0 Å². The highest BCUT2D eigenvalue weighted by Crippen LogP contribution is 2.30. The van der Waals surface area contributed by atoms with Crippen LogP contribution in [0.5, 0.6) is 17.2 Å². The first kappa shape index (κ1) is 20.7. The normalized spacial score (nSPS) is 14.6. The number of rotatable bonds is 5. The van der Waals surface area contributed by atoms with Crippen LogP contribution < -0.4 is 14.9 Å². The summed E-state index contributed by atoms with van der Waals surface area (Å²) in [6.45, 7) is 2.81. The standard InChI is InChI=1S/C23H24N2O6/c1-24-7-9-25(10-8-24)21(27)14-30-17-11-19(26)22-20(12-17)31-13-18(23(22)28)15-3-5-16(29-2)6-4-15/h3-6,11-13,26H,7-10,14H2,1-2H3. The molecule has 0 bridgehead atoms. The zero-order valence-electron chi connectivity index (χ0n) is 17.5. The van der Waals surface area contributed by atoms with Gasteiger partial charge in [-0.2, -0.15) is 0 Å². The van der Waals surface area contributed by atoms with Gasteiger partial charge < -0.3 is 28.8 Å². The largest absolute Gasteiger partial charge is 0.507 e. The van der Waals surface area contributed by atoms with Crippen molar-refractivity contribution in [2.75, 3.05) is 46.9 Å². The Kier molecular flexibility index (Phi) is 5.81. The molecule has 162 valence electrons. The Morgan fingerprint density at radius 1 is 1.10 bits per heavy atom. The molecule has 2 heterocycles. The molecule has 0 spiro atoms. The summed E-state index contributed by atoms with van der Waals surface area (Å²) < 4.78 is 16.3. The molecule has 1 N–H and O–H groups in total. The van der Waals surface area contributed by atoms with E-state index in [1.807, 2.05) is 7.05 Å². The van der Waals surface area contributed by atoms with Crippen LogP contribution in [0.3, 0.4) is 0 Å². The summed E-state index contributed by atoms with van der Waals surface area (Å²) in [5.74, 6) is 0.546. The molecule has 1 saturated heterocycles. The number of phenols is 1. The summed E-state index contributed by atoms with van der Waals surface area (Å²) >= 11 is 0. The van der Waals surface area contributed by atoms with Crippen molar-refractivity contribution < 1.29 is 23.8 Å². The van der Waals surface area contributed by atoms with Crippen LogP contribution >= 0.6 is 0 Å². The SMILES string of the molecule is COc1ccc(-c2coc3cc(OCC(=O)N4CCN(C)CC4)cc(O)c3c2=O)cc1. The van der Waals surface area contributed by atoms with Crippen molar-refractivity contribution in [2.45, 2.75) is 0 Å². The molecule has 1 amide bonds. The maximum atomic E-state index is 13.0. The lowest BCUT2D eigenvalue weighted by Crippen LogP contribution is -2.48. The van der Waals surface area contributed by atoms with E-state index in [1.165, 1.54) is 18.4 Å². The first-order valence-electron chi connectivity index (χ1n) is 9.98. The Morgan fingerprint density at radius 3 is 2.48 bits per heavy atom. The fourth-order valence-electron chi connectivity index (χ4n) is 3.55. The molecule has 0 radical (unpaired) electrons. The minimum Gasteiger partial charge on any atom is -0.507 e. The van der Waals surface area contributed by atoms with Crippen LogP contribution in [0, 0.1) is 0 Å². The smallest absolute Gasteiger partial charge is 0.260 e. The van der Waals surface area contributed by atoms with Crippen LogP contribution in [0.15, 0.2) is 51.9 Å². The topological polar surface area (TPSA) is 92.5 Å². The molecule has 0 aliphatic carbocycles. The number of fused-ring (bicyclic) bond motifs is 1. The maximum Gasteiger partial charge on any atom is 0.260 e. The molecule has 8 nitrogen and oxygen atoms in total. The van der Waals surface area contributed by atoms with Crippen LogP contribution in [-0.2, 0) is 4.79 Å². The Balaban J connectivity index is 1.55. The number of carbonyl (C=O) groups is 1. The van der Waals surface area contributed by atoms with Crippen LogP contribution in [0.1, 0.15) is 0 Å². The van der Waals surface area contributed by atoms with E-state index < -0.39 is 0 Å². The molecule has 4 rings (SSSR count). The van der Waals surface area contributed by atoms with E-state index in [-0.39, 0.29) is 40.4 Å². The van der Waals surface area contributed by atoms with Gasteiger partial charge in [-0.3, -0.25) is 9.59 Å². The van der Waals surface area contributed by atoms with Gasteiger partial charge in [0.05, 0.1) is 12.7 Å². The molecule has 0 atom stereocenters. The van der Waals surface area contributed by atoms with E-state index in [4.69, 9.17) is 13.9 Å². The van der Waals surface area contributed by atoms with Crippen LogP contribution in [0.2, 0.25) is 0 Å². The molecule has 8 heteroatoms. The number of hydrogen-bond acceptors (Lipinski definition) is 7. The van der Waals surface area contributed by atoms with Gasteiger partial charge in [0.15, 0.2) is 6.61 Å². The average Bonchev–Trinajstić information content (AvgIpc) is 2.78. The Hall–Kier alpha value is -3.52. The van der Waals surface area contributed by atoms with Crippen molar-refractivity contribution in [1.82, 2.24) is 9.80 Å². The summed E-state index contributed by atoms with van der Waals surface area (Å²) in [7, 11) is 3.58. The lowest BCUT2D eigenvalue weighted by atomic mass is 10.0. The van der Waals surface area contributed by atoms with Crippen LogP contribution in [0.4, 0.5) is 0 Å². The highest BCUT2D eigenvalue weighted by atomic mass is 16.5. The van der Waals surface area contributed by atoms with Gasteiger partial charge >= 0.3 is 0 Å². The van der Waals surface area contributed by atoms with Gasteiger partial charge in [0.1, 0.15) is 34.5 Å². The van der Waals surface area contributed by atoms with Crippen molar-refractivity contribution in [3.8, 4) is 28.4 Å². The number of ether oxygens (including phenoxy) is 2. The van der Waals surface area contributed by atoms with E-state index in [9.17, 15) is 14.7 Å². The van der Waals surface area contributed by atoms with Crippen molar-refractivity contribution >= 4 is 16.9 Å². The third-order valence-electron chi connectivity index (χ3n) is 5.45. The van der Waals surface area contributed by atoms with Gasteiger partial charge in [0.25, 0.3) is 5.91 Å². The molecule has 1 aliphatic heterocycles. The van der Waals surface area contributed by atoms with E-state index in [1.54, 1.807) is 36.3 Å². The molecule has 1 aromatic heterocycles. The molecule has 1 fully saturated rings. The van der Waals surface area contributed by atoms with E-state index >= 15 is 0 Å². The lowest BCUT2D eigenvalue weighted by molar-refractivity contribution is -0.134. The number of nitrogens with zero attached hydrogens (tertiary/aromatic N) is 2. The Morgan fingerprint density at radius 2 is 1.81 bits per heavy atom. The highest BCUT2D eigenvalue weighted by molar-refractivity contribution is 5.88. The second kappa shape index (κ2) is 8.69. The van der Waals surface area contributed by atoms with Gasteiger partial charge in [-0.05, 0) is 24.7 Å². The molecule has 2 aromatic carbocycles. The number of aromatic hydroxyl groups is 1. The van der Waals surface area contributed by atoms with Crippen molar-refractivity contribution in [3.05, 3.63) is 52.9 Å². The van der Waals surface area contributed by atoms with Gasteiger partial charge in [-0.15, -0.1) is 0 Å². The number of hydrogen-bond donors (Lipinski definition) is 1. The van der Waals surface area contributed by atoms with E-state index in [0.29, 0.717) is 30.0 Å². The number of carbonyl (C=O) groups excluding carboxylic acids is 1. The fraction of sp³-hybridized carbons (Fsp3) is 0.304. The van der Waals surface area contributed by atoms with Crippen molar-refractivity contribution in [2.24, 2.45) is 0 Å². The van der Waals surface area contributed by atoms with Crippen molar-refractivity contribution in [3.63, 3.8) is 0 Å². The minimum atomic E-state index is -0.357. The zero-order chi connectivity index (χ0) is 22.0. The van der Waals surface area contributed by atoms with Gasteiger partial charge in [0, 0.05) is 38.3 Å². The summed E-state index contributed by atoms with van der Waals surface area (Å²) in [6.07, 6.45) is 1.35. The van der Waals surface area contributed by atoms with Gasteiger partial charge in [-0.25, -0.2) is 0 Å². The predicted octanol–water partition coefficient (Wildman–Crippen LogP) is 2.33. The molecular formula is C23H24N2O6. The Bertz CT molecular complexity index is 1150. The monoisotopic (exact) mass is 424 g/mol.